The van der Waals surface area contributed by atoms with E-state index in [0.29, 0.717) is 0 Å². The zero-order valence-corrected chi connectivity index (χ0v) is 8.44. The average Bonchev–Trinajstić information content (AvgIpc) is 2.05. The molecule has 0 aromatic rings. The van der Waals surface area contributed by atoms with Crippen molar-refractivity contribution in [3.63, 3.8) is 0 Å². The first kappa shape index (κ1) is 10.0. The van der Waals surface area contributed by atoms with Crippen molar-refractivity contribution < 1.29 is 4.74 Å². The van der Waals surface area contributed by atoms with Gasteiger partial charge in [0.25, 0.3) is 0 Å². The third-order valence-electron chi connectivity index (χ3n) is 2.41. The summed E-state index contributed by atoms with van der Waals surface area (Å²) in [5.41, 5.74) is 0. The Balaban J connectivity index is 1.98. The third-order valence-corrected chi connectivity index (χ3v) is 2.41. The fraction of sp³-hybridized carbons (Fsp3) is 0.909. The maximum atomic E-state index is 5.71. The Hall–Kier alpha value is -0.0400. The topological polar surface area (TPSA) is 9.23 Å². The van der Waals surface area contributed by atoms with Gasteiger partial charge in [0.1, 0.15) is 0 Å². The first-order chi connectivity index (χ1) is 5.79. The van der Waals surface area contributed by atoms with Crippen molar-refractivity contribution in [1.29, 1.82) is 0 Å². The molecule has 0 bridgehead atoms. The summed E-state index contributed by atoms with van der Waals surface area (Å²) in [7, 11) is 0. The van der Waals surface area contributed by atoms with Crippen LogP contribution >= 0.6 is 0 Å². The van der Waals surface area contributed by atoms with Gasteiger partial charge >= 0.3 is 0 Å². The summed E-state index contributed by atoms with van der Waals surface area (Å²) < 4.78 is 5.71. The van der Waals surface area contributed by atoms with E-state index in [0.717, 1.165) is 12.5 Å². The SMILES string of the molecule is CC(C)CCO[C]1CCCCC1. The molecule has 1 fully saturated rings. The van der Waals surface area contributed by atoms with Crippen LogP contribution in [0.5, 0.6) is 0 Å². The molecule has 0 unspecified atom stereocenters. The molecule has 0 amide bonds. The second-order valence-corrected chi connectivity index (χ2v) is 4.13. The van der Waals surface area contributed by atoms with Crippen LogP contribution in [0.1, 0.15) is 52.4 Å². The van der Waals surface area contributed by atoms with Crippen LogP contribution in [0.15, 0.2) is 0 Å². The summed E-state index contributed by atoms with van der Waals surface area (Å²) >= 11 is 0. The van der Waals surface area contributed by atoms with Crippen LogP contribution in [0.2, 0.25) is 0 Å². The molecule has 1 aliphatic rings. The fourth-order valence-electron chi connectivity index (χ4n) is 1.53. The maximum Gasteiger partial charge on any atom is 0.0970 e. The number of ether oxygens (including phenoxy) is 1. The molecule has 0 aromatic heterocycles. The van der Waals surface area contributed by atoms with E-state index in [1.165, 1.54) is 44.6 Å². The highest BCUT2D eigenvalue weighted by Gasteiger charge is 2.14. The molecule has 71 valence electrons. The Morgan fingerprint density at radius 2 is 1.83 bits per heavy atom. The van der Waals surface area contributed by atoms with Gasteiger partial charge in [-0.15, -0.1) is 0 Å². The lowest BCUT2D eigenvalue weighted by molar-refractivity contribution is 0.104. The second kappa shape index (κ2) is 5.58. The van der Waals surface area contributed by atoms with Crippen molar-refractivity contribution in [2.75, 3.05) is 6.61 Å². The van der Waals surface area contributed by atoms with E-state index in [2.05, 4.69) is 13.8 Å². The molecule has 0 aliphatic heterocycles. The molecule has 1 rings (SSSR count). The van der Waals surface area contributed by atoms with Crippen LogP contribution in [-0.2, 0) is 4.74 Å². The molecular formula is C11H21O. The standard InChI is InChI=1S/C11H21O/c1-10(2)8-9-12-11-6-4-3-5-7-11/h10H,3-9H2,1-2H3. The van der Waals surface area contributed by atoms with E-state index in [4.69, 9.17) is 4.74 Å². The highest BCUT2D eigenvalue weighted by atomic mass is 16.5. The zero-order chi connectivity index (χ0) is 8.81. The Morgan fingerprint density at radius 1 is 1.17 bits per heavy atom. The highest BCUT2D eigenvalue weighted by Crippen LogP contribution is 2.26. The molecular weight excluding hydrogens is 148 g/mol. The summed E-state index contributed by atoms with van der Waals surface area (Å²) in [5, 5.41) is 0. The van der Waals surface area contributed by atoms with Gasteiger partial charge in [-0.05, 0) is 25.2 Å². The van der Waals surface area contributed by atoms with E-state index in [9.17, 15) is 0 Å². The van der Waals surface area contributed by atoms with Crippen LogP contribution in [0.3, 0.4) is 0 Å². The van der Waals surface area contributed by atoms with Crippen molar-refractivity contribution >= 4 is 0 Å². The van der Waals surface area contributed by atoms with Gasteiger partial charge in [0.15, 0.2) is 0 Å². The van der Waals surface area contributed by atoms with E-state index in [1.54, 1.807) is 0 Å². The van der Waals surface area contributed by atoms with Crippen molar-refractivity contribution in [2.24, 2.45) is 5.92 Å². The first-order valence-electron chi connectivity index (χ1n) is 5.26. The predicted molar refractivity (Wildman–Crippen MR) is 51.7 cm³/mol. The maximum absolute atomic E-state index is 5.71. The Kier molecular flexibility index (Phi) is 4.67. The smallest absolute Gasteiger partial charge is 0.0970 e. The normalized spacial score (nSPS) is 20.2. The van der Waals surface area contributed by atoms with Crippen LogP contribution < -0.4 is 0 Å². The summed E-state index contributed by atoms with van der Waals surface area (Å²) in [6.07, 6.45) is 9.09. The third kappa shape index (κ3) is 4.10. The molecule has 12 heavy (non-hydrogen) atoms. The fourth-order valence-corrected chi connectivity index (χ4v) is 1.53. The van der Waals surface area contributed by atoms with E-state index >= 15 is 0 Å². The molecule has 1 nitrogen and oxygen atoms in total. The van der Waals surface area contributed by atoms with E-state index in [-0.39, 0.29) is 0 Å². The minimum atomic E-state index is 0.772. The average molecular weight is 169 g/mol. The van der Waals surface area contributed by atoms with Crippen molar-refractivity contribution in [3.8, 4) is 0 Å². The van der Waals surface area contributed by atoms with E-state index in [1.807, 2.05) is 0 Å². The molecule has 1 radical (unpaired) electrons. The Bertz CT molecular complexity index is 104. The summed E-state index contributed by atoms with van der Waals surface area (Å²) in [6, 6.07) is 0. The number of rotatable bonds is 4. The summed E-state index contributed by atoms with van der Waals surface area (Å²) in [6.45, 7) is 5.43. The lowest BCUT2D eigenvalue weighted by atomic mass is 9.98. The van der Waals surface area contributed by atoms with Gasteiger partial charge in [-0.3, -0.25) is 0 Å². The molecule has 1 aliphatic carbocycles. The molecule has 1 saturated carbocycles. The van der Waals surface area contributed by atoms with Gasteiger partial charge in [0, 0.05) is 6.61 Å². The Labute approximate surface area is 76.5 Å². The minimum Gasteiger partial charge on any atom is -0.372 e. The summed E-state index contributed by atoms with van der Waals surface area (Å²) in [4.78, 5) is 0. The number of hydrogen-bond donors (Lipinski definition) is 0. The van der Waals surface area contributed by atoms with Crippen molar-refractivity contribution in [1.82, 2.24) is 0 Å². The molecule has 0 N–H and O–H groups in total. The molecule has 1 heteroatoms. The highest BCUT2D eigenvalue weighted by molar-refractivity contribution is 4.82. The van der Waals surface area contributed by atoms with Gasteiger partial charge in [-0.1, -0.05) is 33.1 Å². The van der Waals surface area contributed by atoms with Gasteiger partial charge in [0.05, 0.1) is 6.10 Å². The largest absolute Gasteiger partial charge is 0.372 e. The minimum absolute atomic E-state index is 0.772. The first-order valence-corrected chi connectivity index (χ1v) is 5.26. The molecule has 0 atom stereocenters. The van der Waals surface area contributed by atoms with Crippen LogP contribution in [0.4, 0.5) is 0 Å². The van der Waals surface area contributed by atoms with Gasteiger partial charge in [-0.25, -0.2) is 0 Å². The quantitative estimate of drug-likeness (QED) is 0.625. The lowest BCUT2D eigenvalue weighted by Crippen LogP contribution is -2.10. The van der Waals surface area contributed by atoms with Crippen LogP contribution in [-0.4, -0.2) is 6.61 Å². The predicted octanol–water partition coefficient (Wildman–Crippen LogP) is 3.55. The van der Waals surface area contributed by atoms with Crippen LogP contribution in [0.25, 0.3) is 0 Å². The van der Waals surface area contributed by atoms with Gasteiger partial charge < -0.3 is 4.74 Å². The molecule has 0 aromatic carbocycles. The number of hydrogen-bond acceptors (Lipinski definition) is 1. The van der Waals surface area contributed by atoms with Crippen molar-refractivity contribution in [2.45, 2.75) is 52.4 Å². The van der Waals surface area contributed by atoms with Crippen LogP contribution in [0, 0.1) is 12.0 Å². The van der Waals surface area contributed by atoms with Gasteiger partial charge in [0.2, 0.25) is 0 Å². The second-order valence-electron chi connectivity index (χ2n) is 4.13. The van der Waals surface area contributed by atoms with E-state index < -0.39 is 0 Å². The van der Waals surface area contributed by atoms with Gasteiger partial charge in [-0.2, -0.15) is 0 Å². The zero-order valence-electron chi connectivity index (χ0n) is 8.44. The van der Waals surface area contributed by atoms with Crippen molar-refractivity contribution in [3.05, 3.63) is 6.10 Å². The molecule has 0 heterocycles. The molecule has 0 saturated heterocycles. The summed E-state index contributed by atoms with van der Waals surface area (Å²) in [5.74, 6) is 0.772. The monoisotopic (exact) mass is 169 g/mol. The lowest BCUT2D eigenvalue weighted by Gasteiger charge is -2.21. The Morgan fingerprint density at radius 3 is 2.42 bits per heavy atom. The molecule has 0 spiro atoms.